The highest BCUT2D eigenvalue weighted by molar-refractivity contribution is 5.98. The van der Waals surface area contributed by atoms with Gasteiger partial charge in [-0.1, -0.05) is 18.2 Å². The van der Waals surface area contributed by atoms with Crippen LogP contribution in [0.4, 0.5) is 5.82 Å². The summed E-state index contributed by atoms with van der Waals surface area (Å²) in [5.41, 5.74) is 5.27. The molecule has 0 bridgehead atoms. The summed E-state index contributed by atoms with van der Waals surface area (Å²) in [4.78, 5) is 15.8. The Morgan fingerprint density at radius 1 is 1.09 bits per heavy atom. The van der Waals surface area contributed by atoms with Crippen molar-refractivity contribution in [3.8, 4) is 22.6 Å². The van der Waals surface area contributed by atoms with Crippen LogP contribution in [0.5, 0.6) is 0 Å². The van der Waals surface area contributed by atoms with Crippen LogP contribution in [0, 0.1) is 0 Å². The predicted octanol–water partition coefficient (Wildman–Crippen LogP) is 4.89. The van der Waals surface area contributed by atoms with Crippen molar-refractivity contribution >= 4 is 27.6 Å². The molecule has 0 unspecified atom stereocenters. The van der Waals surface area contributed by atoms with Gasteiger partial charge in [-0.15, -0.1) is 0 Å². The lowest BCUT2D eigenvalue weighted by Crippen LogP contribution is -2.44. The Hall–Kier alpha value is -3.71. The fourth-order valence-electron chi connectivity index (χ4n) is 4.76. The molecule has 0 radical (unpaired) electrons. The fraction of sp³-hybridized carbons (Fsp3) is 0.269. The molecule has 6 rings (SSSR count). The maximum absolute atomic E-state index is 5.72. The van der Waals surface area contributed by atoms with E-state index >= 15 is 0 Å². The summed E-state index contributed by atoms with van der Waals surface area (Å²) < 4.78 is 7.73. The van der Waals surface area contributed by atoms with Crippen molar-refractivity contribution in [2.45, 2.75) is 26.4 Å². The molecule has 1 aliphatic rings. The van der Waals surface area contributed by atoms with Crippen LogP contribution in [0.2, 0.25) is 0 Å². The maximum Gasteiger partial charge on any atom is 0.162 e. The number of aromatic amines is 1. The number of morpholine rings is 1. The standard InChI is InChI=1S/C26H26N6O/c1-3-32-24(10-12-28-32)18-7-8-23-21(15-18)26(31-13-14-33-16-17(31)2)30-25(29-23)20-5-4-6-22-19(20)9-11-27-22/h4-12,15,17,27H,3,13-14,16H2,1-2H3/t17-/m1/s1. The smallest absolute Gasteiger partial charge is 0.162 e. The summed E-state index contributed by atoms with van der Waals surface area (Å²) in [5.74, 6) is 1.70. The quantitative estimate of drug-likeness (QED) is 0.433. The topological polar surface area (TPSA) is 71.9 Å². The van der Waals surface area contributed by atoms with Crippen molar-refractivity contribution in [2.75, 3.05) is 24.7 Å². The molecule has 166 valence electrons. The Bertz CT molecular complexity index is 1450. The molecule has 4 heterocycles. The van der Waals surface area contributed by atoms with Gasteiger partial charge >= 0.3 is 0 Å². The van der Waals surface area contributed by atoms with Crippen molar-refractivity contribution in [1.82, 2.24) is 24.7 Å². The van der Waals surface area contributed by atoms with E-state index < -0.39 is 0 Å². The summed E-state index contributed by atoms with van der Waals surface area (Å²) in [7, 11) is 0. The van der Waals surface area contributed by atoms with E-state index in [9.17, 15) is 0 Å². The number of H-pyrrole nitrogens is 1. The van der Waals surface area contributed by atoms with Gasteiger partial charge in [0, 0.05) is 52.9 Å². The maximum atomic E-state index is 5.72. The van der Waals surface area contributed by atoms with Gasteiger partial charge in [0.15, 0.2) is 5.82 Å². The second-order valence-electron chi connectivity index (χ2n) is 8.50. The Kier molecular flexibility index (Phi) is 4.84. The fourth-order valence-corrected chi connectivity index (χ4v) is 4.76. The first-order valence-electron chi connectivity index (χ1n) is 11.5. The molecule has 33 heavy (non-hydrogen) atoms. The third-order valence-electron chi connectivity index (χ3n) is 6.46. The highest BCUT2D eigenvalue weighted by Crippen LogP contribution is 2.34. The lowest BCUT2D eigenvalue weighted by Gasteiger charge is -2.35. The minimum Gasteiger partial charge on any atom is -0.377 e. The monoisotopic (exact) mass is 438 g/mol. The number of fused-ring (bicyclic) bond motifs is 2. The van der Waals surface area contributed by atoms with Crippen LogP contribution in [-0.2, 0) is 11.3 Å². The average molecular weight is 439 g/mol. The van der Waals surface area contributed by atoms with Crippen LogP contribution in [0.15, 0.2) is 60.9 Å². The number of nitrogens with one attached hydrogen (secondary N) is 1. The van der Waals surface area contributed by atoms with Crippen molar-refractivity contribution in [3.05, 3.63) is 60.9 Å². The molecule has 2 aromatic carbocycles. The Morgan fingerprint density at radius 2 is 2.03 bits per heavy atom. The van der Waals surface area contributed by atoms with E-state index in [1.807, 2.05) is 23.1 Å². The summed E-state index contributed by atoms with van der Waals surface area (Å²) in [6.07, 6.45) is 3.81. The zero-order chi connectivity index (χ0) is 22.4. The molecule has 7 nitrogen and oxygen atoms in total. The number of ether oxygens (including phenoxy) is 1. The van der Waals surface area contributed by atoms with Gasteiger partial charge in [0.2, 0.25) is 0 Å². The van der Waals surface area contributed by atoms with Crippen molar-refractivity contribution in [2.24, 2.45) is 0 Å². The summed E-state index contributed by atoms with van der Waals surface area (Å²) in [6, 6.07) is 17.0. The molecule has 3 aromatic heterocycles. The Balaban J connectivity index is 1.59. The van der Waals surface area contributed by atoms with E-state index in [1.165, 1.54) is 0 Å². The minimum absolute atomic E-state index is 0.234. The molecule has 1 aliphatic heterocycles. The Labute approximate surface area is 192 Å². The lowest BCUT2D eigenvalue weighted by atomic mass is 10.1. The van der Waals surface area contributed by atoms with E-state index in [1.54, 1.807) is 0 Å². The molecule has 0 saturated carbocycles. The molecule has 0 amide bonds. The first-order valence-corrected chi connectivity index (χ1v) is 11.5. The van der Waals surface area contributed by atoms with E-state index in [0.29, 0.717) is 13.2 Å². The van der Waals surface area contributed by atoms with Crippen LogP contribution in [-0.4, -0.2) is 50.5 Å². The van der Waals surface area contributed by atoms with Gasteiger partial charge in [-0.05, 0) is 44.2 Å². The number of aryl methyl sites for hydroxylation is 1. The van der Waals surface area contributed by atoms with Crippen LogP contribution >= 0.6 is 0 Å². The van der Waals surface area contributed by atoms with Gasteiger partial charge < -0.3 is 14.6 Å². The first kappa shape index (κ1) is 19.9. The number of rotatable bonds is 4. The van der Waals surface area contributed by atoms with Crippen LogP contribution in [0.1, 0.15) is 13.8 Å². The molecular weight excluding hydrogens is 412 g/mol. The van der Waals surface area contributed by atoms with Crippen molar-refractivity contribution in [1.29, 1.82) is 0 Å². The second kappa shape index (κ2) is 8.01. The molecule has 5 aromatic rings. The zero-order valence-electron chi connectivity index (χ0n) is 18.8. The highest BCUT2D eigenvalue weighted by atomic mass is 16.5. The van der Waals surface area contributed by atoms with E-state index in [2.05, 4.69) is 71.3 Å². The summed E-state index contributed by atoms with van der Waals surface area (Å²) >= 11 is 0. The summed E-state index contributed by atoms with van der Waals surface area (Å²) in [6.45, 7) is 7.31. The minimum atomic E-state index is 0.234. The highest BCUT2D eigenvalue weighted by Gasteiger charge is 2.24. The molecule has 0 spiro atoms. The molecule has 1 saturated heterocycles. The van der Waals surface area contributed by atoms with Gasteiger partial charge in [0.05, 0.1) is 30.5 Å². The number of hydrogen-bond acceptors (Lipinski definition) is 5. The number of benzene rings is 2. The van der Waals surface area contributed by atoms with E-state index in [0.717, 1.165) is 63.4 Å². The molecule has 0 aliphatic carbocycles. The van der Waals surface area contributed by atoms with E-state index in [4.69, 9.17) is 14.7 Å². The number of aromatic nitrogens is 5. The van der Waals surface area contributed by atoms with Gasteiger partial charge in [-0.3, -0.25) is 4.68 Å². The third-order valence-corrected chi connectivity index (χ3v) is 6.46. The first-order chi connectivity index (χ1) is 16.2. The molecule has 7 heteroatoms. The molecular formula is C26H26N6O. The Morgan fingerprint density at radius 3 is 2.91 bits per heavy atom. The zero-order valence-corrected chi connectivity index (χ0v) is 18.8. The number of anilines is 1. The van der Waals surface area contributed by atoms with Gasteiger partial charge in [0.25, 0.3) is 0 Å². The number of nitrogens with zero attached hydrogens (tertiary/aromatic N) is 5. The average Bonchev–Trinajstić information content (AvgIpc) is 3.53. The van der Waals surface area contributed by atoms with Gasteiger partial charge in [0.1, 0.15) is 5.82 Å². The van der Waals surface area contributed by atoms with Crippen LogP contribution in [0.3, 0.4) is 0 Å². The predicted molar refractivity (Wildman–Crippen MR) is 131 cm³/mol. The number of hydrogen-bond donors (Lipinski definition) is 1. The van der Waals surface area contributed by atoms with E-state index in [-0.39, 0.29) is 6.04 Å². The summed E-state index contributed by atoms with van der Waals surface area (Å²) in [5, 5.41) is 6.63. The van der Waals surface area contributed by atoms with Crippen LogP contribution < -0.4 is 4.90 Å². The largest absolute Gasteiger partial charge is 0.377 e. The van der Waals surface area contributed by atoms with Crippen LogP contribution in [0.25, 0.3) is 44.5 Å². The second-order valence-corrected chi connectivity index (χ2v) is 8.50. The SMILES string of the molecule is CCn1nccc1-c1ccc2nc(-c3cccc4[nH]ccc34)nc(N3CCOC[C@H]3C)c2c1. The third kappa shape index (κ3) is 3.36. The van der Waals surface area contributed by atoms with Crippen molar-refractivity contribution in [3.63, 3.8) is 0 Å². The molecule has 1 fully saturated rings. The normalized spacial score (nSPS) is 16.7. The van der Waals surface area contributed by atoms with Gasteiger partial charge in [-0.25, -0.2) is 9.97 Å². The van der Waals surface area contributed by atoms with Crippen molar-refractivity contribution < 1.29 is 4.74 Å². The molecule has 1 atom stereocenters. The lowest BCUT2D eigenvalue weighted by molar-refractivity contribution is 0.0987. The van der Waals surface area contributed by atoms with Gasteiger partial charge in [-0.2, -0.15) is 5.10 Å². The molecule has 1 N–H and O–H groups in total.